The van der Waals surface area contributed by atoms with Crippen molar-refractivity contribution in [3.05, 3.63) is 89.1 Å². The van der Waals surface area contributed by atoms with E-state index in [1.54, 1.807) is 24.0 Å². The summed E-state index contributed by atoms with van der Waals surface area (Å²) in [5.41, 5.74) is 4.78. The van der Waals surface area contributed by atoms with Gasteiger partial charge in [-0.2, -0.15) is 0 Å². The Bertz CT molecular complexity index is 858. The standard InChI is InChI=1S/C21H20N2OS/c1-15-8-6-9-16(2)19(15)23-20(24)18-12-7-13-22-21(18)25-14-17-10-4-3-5-11-17/h3-13H,14H2,1-2H3,(H,23,24). The van der Waals surface area contributed by atoms with E-state index in [4.69, 9.17) is 0 Å². The number of pyridine rings is 1. The van der Waals surface area contributed by atoms with Crippen molar-refractivity contribution >= 4 is 23.4 Å². The summed E-state index contributed by atoms with van der Waals surface area (Å²) >= 11 is 1.58. The quantitative estimate of drug-likeness (QED) is 0.641. The van der Waals surface area contributed by atoms with Crippen molar-refractivity contribution in [3.63, 3.8) is 0 Å². The minimum absolute atomic E-state index is 0.124. The molecule has 25 heavy (non-hydrogen) atoms. The summed E-state index contributed by atoms with van der Waals surface area (Å²) in [6, 6.07) is 19.8. The molecule has 4 heteroatoms. The molecule has 0 saturated carbocycles. The number of carbonyl (C=O) groups is 1. The number of nitrogens with zero attached hydrogens (tertiary/aromatic N) is 1. The molecule has 1 amide bonds. The van der Waals surface area contributed by atoms with Crippen molar-refractivity contribution in [2.45, 2.75) is 24.6 Å². The van der Waals surface area contributed by atoms with Crippen LogP contribution < -0.4 is 5.32 Å². The van der Waals surface area contributed by atoms with Gasteiger partial charge in [-0.3, -0.25) is 4.79 Å². The van der Waals surface area contributed by atoms with E-state index in [0.29, 0.717) is 5.56 Å². The van der Waals surface area contributed by atoms with Crippen LogP contribution in [0.1, 0.15) is 27.0 Å². The molecule has 3 nitrogen and oxygen atoms in total. The first-order valence-electron chi connectivity index (χ1n) is 8.14. The van der Waals surface area contributed by atoms with E-state index in [0.717, 1.165) is 27.6 Å². The second kappa shape index (κ2) is 7.99. The maximum atomic E-state index is 12.8. The van der Waals surface area contributed by atoms with Crippen molar-refractivity contribution in [1.82, 2.24) is 4.98 Å². The smallest absolute Gasteiger partial charge is 0.258 e. The van der Waals surface area contributed by atoms with E-state index < -0.39 is 0 Å². The fourth-order valence-corrected chi connectivity index (χ4v) is 3.54. The summed E-state index contributed by atoms with van der Waals surface area (Å²) in [5, 5.41) is 3.79. The molecular weight excluding hydrogens is 328 g/mol. The van der Waals surface area contributed by atoms with Crippen LogP contribution in [0.2, 0.25) is 0 Å². The van der Waals surface area contributed by atoms with Gasteiger partial charge in [-0.25, -0.2) is 4.98 Å². The van der Waals surface area contributed by atoms with Gasteiger partial charge in [0.05, 0.1) is 5.56 Å². The highest BCUT2D eigenvalue weighted by Gasteiger charge is 2.15. The molecule has 0 aliphatic rings. The number of para-hydroxylation sites is 1. The number of carbonyl (C=O) groups excluding carboxylic acids is 1. The fourth-order valence-electron chi connectivity index (χ4n) is 2.60. The average Bonchev–Trinajstić information content (AvgIpc) is 2.64. The minimum atomic E-state index is -0.124. The maximum Gasteiger partial charge on any atom is 0.258 e. The molecule has 3 aromatic rings. The summed E-state index contributed by atoms with van der Waals surface area (Å²) in [6.07, 6.45) is 1.73. The first-order chi connectivity index (χ1) is 12.1. The molecule has 0 bridgehead atoms. The third-order valence-corrected chi connectivity index (χ3v) is 5.03. The van der Waals surface area contributed by atoms with Crippen LogP contribution in [0, 0.1) is 13.8 Å². The van der Waals surface area contributed by atoms with Gasteiger partial charge >= 0.3 is 0 Å². The Morgan fingerprint density at radius 1 is 0.960 bits per heavy atom. The lowest BCUT2D eigenvalue weighted by Gasteiger charge is -2.13. The summed E-state index contributed by atoms with van der Waals surface area (Å²) in [7, 11) is 0. The summed E-state index contributed by atoms with van der Waals surface area (Å²) in [6.45, 7) is 3.99. The van der Waals surface area contributed by atoms with Crippen molar-refractivity contribution in [2.24, 2.45) is 0 Å². The molecule has 3 rings (SSSR count). The third-order valence-electron chi connectivity index (χ3n) is 3.95. The van der Waals surface area contributed by atoms with Crippen LogP contribution in [0.4, 0.5) is 5.69 Å². The molecule has 0 spiro atoms. The van der Waals surface area contributed by atoms with Crippen LogP contribution in [0.15, 0.2) is 71.9 Å². The van der Waals surface area contributed by atoms with E-state index in [1.807, 2.05) is 56.3 Å². The van der Waals surface area contributed by atoms with Crippen LogP contribution in [0.5, 0.6) is 0 Å². The molecule has 0 fully saturated rings. The highest BCUT2D eigenvalue weighted by Crippen LogP contribution is 2.26. The van der Waals surface area contributed by atoms with Gasteiger partial charge in [0.2, 0.25) is 0 Å². The summed E-state index contributed by atoms with van der Waals surface area (Å²) in [5.74, 6) is 0.655. The lowest BCUT2D eigenvalue weighted by atomic mass is 10.1. The largest absolute Gasteiger partial charge is 0.321 e. The lowest BCUT2D eigenvalue weighted by molar-refractivity contribution is 0.102. The molecular formula is C21H20N2OS. The number of rotatable bonds is 5. The molecule has 0 unspecified atom stereocenters. The van der Waals surface area contributed by atoms with Crippen molar-refractivity contribution in [2.75, 3.05) is 5.32 Å². The zero-order valence-corrected chi connectivity index (χ0v) is 15.1. The number of benzene rings is 2. The maximum absolute atomic E-state index is 12.8. The Morgan fingerprint density at radius 2 is 1.68 bits per heavy atom. The van der Waals surface area contributed by atoms with Crippen molar-refractivity contribution in [1.29, 1.82) is 0 Å². The van der Waals surface area contributed by atoms with Gasteiger partial charge in [0.1, 0.15) is 5.03 Å². The predicted octanol–water partition coefficient (Wildman–Crippen LogP) is 5.24. The van der Waals surface area contributed by atoms with E-state index in [-0.39, 0.29) is 5.91 Å². The lowest BCUT2D eigenvalue weighted by Crippen LogP contribution is -2.15. The SMILES string of the molecule is Cc1cccc(C)c1NC(=O)c1cccnc1SCc1ccccc1. The molecule has 0 radical (unpaired) electrons. The number of aryl methyl sites for hydroxylation is 2. The number of hydrogen-bond donors (Lipinski definition) is 1. The average molecular weight is 348 g/mol. The fraction of sp³-hybridized carbons (Fsp3) is 0.143. The Hall–Kier alpha value is -2.59. The Labute approximate surface area is 152 Å². The molecule has 1 aromatic heterocycles. The predicted molar refractivity (Wildman–Crippen MR) is 104 cm³/mol. The zero-order chi connectivity index (χ0) is 17.6. The van der Waals surface area contributed by atoms with Crippen molar-refractivity contribution < 1.29 is 4.79 Å². The minimum Gasteiger partial charge on any atom is -0.321 e. The topological polar surface area (TPSA) is 42.0 Å². The van der Waals surface area contributed by atoms with E-state index in [2.05, 4.69) is 22.4 Å². The third kappa shape index (κ3) is 4.28. The zero-order valence-electron chi connectivity index (χ0n) is 14.3. The molecule has 0 aliphatic heterocycles. The highest BCUT2D eigenvalue weighted by atomic mass is 32.2. The highest BCUT2D eigenvalue weighted by molar-refractivity contribution is 7.98. The molecule has 1 N–H and O–H groups in total. The molecule has 1 heterocycles. The first kappa shape index (κ1) is 17.2. The summed E-state index contributed by atoms with van der Waals surface area (Å²) in [4.78, 5) is 17.2. The number of nitrogens with one attached hydrogen (secondary N) is 1. The number of hydrogen-bond acceptors (Lipinski definition) is 3. The van der Waals surface area contributed by atoms with Crippen LogP contribution in [0.3, 0.4) is 0 Å². The van der Waals surface area contributed by atoms with Gasteiger partial charge in [-0.1, -0.05) is 48.5 Å². The van der Waals surface area contributed by atoms with Crippen molar-refractivity contribution in [3.8, 4) is 0 Å². The number of amides is 1. The van der Waals surface area contributed by atoms with Gasteiger partial charge in [-0.05, 0) is 42.7 Å². The van der Waals surface area contributed by atoms with Crippen LogP contribution in [0.25, 0.3) is 0 Å². The van der Waals surface area contributed by atoms with Crippen LogP contribution in [-0.4, -0.2) is 10.9 Å². The van der Waals surface area contributed by atoms with Gasteiger partial charge in [0.25, 0.3) is 5.91 Å². The number of anilines is 1. The Balaban J connectivity index is 1.79. The second-order valence-electron chi connectivity index (χ2n) is 5.85. The number of aromatic nitrogens is 1. The molecule has 126 valence electrons. The molecule has 0 saturated heterocycles. The molecule has 2 aromatic carbocycles. The molecule has 0 atom stereocenters. The Kier molecular flexibility index (Phi) is 5.51. The van der Waals surface area contributed by atoms with E-state index in [9.17, 15) is 4.79 Å². The van der Waals surface area contributed by atoms with E-state index >= 15 is 0 Å². The van der Waals surface area contributed by atoms with Gasteiger partial charge < -0.3 is 5.32 Å². The van der Waals surface area contributed by atoms with Gasteiger partial charge in [-0.15, -0.1) is 11.8 Å². The Morgan fingerprint density at radius 3 is 2.40 bits per heavy atom. The van der Waals surface area contributed by atoms with E-state index in [1.165, 1.54) is 5.56 Å². The second-order valence-corrected chi connectivity index (χ2v) is 6.82. The van der Waals surface area contributed by atoms with Gasteiger partial charge in [0.15, 0.2) is 0 Å². The van der Waals surface area contributed by atoms with Crippen LogP contribution >= 0.6 is 11.8 Å². The molecule has 0 aliphatic carbocycles. The first-order valence-corrected chi connectivity index (χ1v) is 9.13. The van der Waals surface area contributed by atoms with Gasteiger partial charge in [0, 0.05) is 17.6 Å². The monoisotopic (exact) mass is 348 g/mol. The normalized spacial score (nSPS) is 10.5. The van der Waals surface area contributed by atoms with Crippen LogP contribution in [-0.2, 0) is 5.75 Å². The summed E-state index contributed by atoms with van der Waals surface area (Å²) < 4.78 is 0. The number of thioether (sulfide) groups is 1.